The minimum atomic E-state index is -4.33. The lowest BCUT2D eigenvalue weighted by molar-refractivity contribution is -0.137. The van der Waals surface area contributed by atoms with Crippen molar-refractivity contribution in [2.24, 2.45) is 5.73 Å². The topological polar surface area (TPSA) is 89.8 Å². The van der Waals surface area contributed by atoms with Gasteiger partial charge in [-0.3, -0.25) is 0 Å². The highest BCUT2D eigenvalue weighted by molar-refractivity contribution is 7.18. The van der Waals surface area contributed by atoms with Crippen molar-refractivity contribution in [3.63, 3.8) is 0 Å². The first-order valence-electron chi connectivity index (χ1n) is 9.55. The zero-order valence-corrected chi connectivity index (χ0v) is 17.2. The number of nitrogens with one attached hydrogen (secondary N) is 1. The Morgan fingerprint density at radius 3 is 2.48 bits per heavy atom. The van der Waals surface area contributed by atoms with E-state index in [4.69, 9.17) is 11.5 Å². The molecule has 2 heterocycles. The Labute approximate surface area is 180 Å². The number of rotatable bonds is 6. The second kappa shape index (κ2) is 8.52. The third kappa shape index (κ3) is 5.12. The number of hydrogen-bond donors (Lipinski definition) is 3. The van der Waals surface area contributed by atoms with Crippen LogP contribution < -0.4 is 16.8 Å². The van der Waals surface area contributed by atoms with Gasteiger partial charge in [-0.25, -0.2) is 9.97 Å². The number of pyridine rings is 1. The molecule has 160 valence electrons. The Morgan fingerprint density at radius 1 is 0.968 bits per heavy atom. The molecule has 0 saturated heterocycles. The minimum absolute atomic E-state index is 0.264. The van der Waals surface area contributed by atoms with Crippen LogP contribution in [0.2, 0.25) is 0 Å². The summed E-state index contributed by atoms with van der Waals surface area (Å²) in [6, 6.07) is 12.7. The highest BCUT2D eigenvalue weighted by atomic mass is 32.1. The van der Waals surface area contributed by atoms with Crippen LogP contribution >= 0.6 is 11.3 Å². The third-order valence-corrected chi connectivity index (χ3v) is 5.83. The van der Waals surface area contributed by atoms with Crippen LogP contribution in [-0.2, 0) is 12.6 Å². The minimum Gasteiger partial charge on any atom is -0.384 e. The first-order valence-corrected chi connectivity index (χ1v) is 10.4. The molecular weight excluding hydrogens is 423 g/mol. The van der Waals surface area contributed by atoms with Gasteiger partial charge < -0.3 is 16.8 Å². The molecule has 1 unspecified atom stereocenters. The van der Waals surface area contributed by atoms with E-state index < -0.39 is 11.7 Å². The summed E-state index contributed by atoms with van der Waals surface area (Å²) in [5.41, 5.74) is 13.0. The molecule has 0 saturated carbocycles. The van der Waals surface area contributed by atoms with Crippen molar-refractivity contribution in [2.45, 2.75) is 18.6 Å². The molecule has 2 aromatic carbocycles. The highest BCUT2D eigenvalue weighted by Crippen LogP contribution is 2.32. The first-order chi connectivity index (χ1) is 14.8. The monoisotopic (exact) mass is 443 g/mol. The van der Waals surface area contributed by atoms with Gasteiger partial charge in [0.25, 0.3) is 0 Å². The molecule has 31 heavy (non-hydrogen) atoms. The largest absolute Gasteiger partial charge is 0.416 e. The van der Waals surface area contributed by atoms with E-state index in [2.05, 4.69) is 15.3 Å². The molecule has 0 radical (unpaired) electrons. The van der Waals surface area contributed by atoms with Gasteiger partial charge in [0.2, 0.25) is 0 Å². The number of nitrogens with zero attached hydrogens (tertiary/aromatic N) is 2. The molecule has 0 spiro atoms. The average molecular weight is 443 g/mol. The first kappa shape index (κ1) is 21.1. The number of halogens is 3. The van der Waals surface area contributed by atoms with Crippen molar-refractivity contribution in [3.05, 3.63) is 72.1 Å². The van der Waals surface area contributed by atoms with Crippen molar-refractivity contribution in [2.75, 3.05) is 17.6 Å². The number of nitrogens with two attached hydrogens (primary N) is 2. The molecule has 0 amide bonds. The van der Waals surface area contributed by atoms with Crippen LogP contribution in [-0.4, -0.2) is 22.6 Å². The normalized spacial score (nSPS) is 12.8. The molecule has 5 nitrogen and oxygen atoms in total. The Kier molecular flexibility index (Phi) is 5.79. The van der Waals surface area contributed by atoms with Crippen molar-refractivity contribution in [1.82, 2.24) is 9.97 Å². The number of fused-ring (bicyclic) bond motifs is 1. The van der Waals surface area contributed by atoms with Crippen molar-refractivity contribution >= 4 is 33.1 Å². The second-order valence-corrected chi connectivity index (χ2v) is 8.27. The van der Waals surface area contributed by atoms with E-state index in [-0.39, 0.29) is 6.04 Å². The van der Waals surface area contributed by atoms with Crippen LogP contribution in [0.4, 0.5) is 24.1 Å². The molecule has 4 aromatic rings. The average Bonchev–Trinajstić information content (AvgIpc) is 3.20. The van der Waals surface area contributed by atoms with Gasteiger partial charge in [0.05, 0.1) is 10.4 Å². The van der Waals surface area contributed by atoms with Crippen molar-refractivity contribution < 1.29 is 13.2 Å². The maximum atomic E-state index is 12.7. The Balaban J connectivity index is 1.37. The fourth-order valence-corrected chi connectivity index (χ4v) is 4.04. The smallest absolute Gasteiger partial charge is 0.384 e. The van der Waals surface area contributed by atoms with Crippen LogP contribution in [0.15, 0.2) is 60.9 Å². The number of thiazole rings is 1. The summed E-state index contributed by atoms with van der Waals surface area (Å²) in [5, 5.41) is 5.95. The molecule has 0 aliphatic rings. The predicted molar refractivity (Wildman–Crippen MR) is 119 cm³/mol. The van der Waals surface area contributed by atoms with E-state index in [1.807, 2.05) is 24.3 Å². The van der Waals surface area contributed by atoms with Gasteiger partial charge in [-0.1, -0.05) is 35.6 Å². The SMILES string of the molecule is Nc1cc2cc(-c3cnc(NCC(N)Cc4ccc(C(F)(F)F)cc4)s3)ccc2cn1. The number of alkyl halides is 3. The summed E-state index contributed by atoms with van der Waals surface area (Å²) in [4.78, 5) is 9.49. The molecule has 0 aliphatic heterocycles. The Bertz CT molecular complexity index is 1190. The quantitative estimate of drug-likeness (QED) is 0.393. The molecule has 0 fully saturated rings. The van der Waals surface area contributed by atoms with Crippen LogP contribution in [0.5, 0.6) is 0 Å². The molecule has 2 aromatic heterocycles. The Morgan fingerprint density at radius 2 is 1.74 bits per heavy atom. The fourth-order valence-electron chi connectivity index (χ4n) is 3.22. The van der Waals surface area contributed by atoms with Crippen molar-refractivity contribution in [1.29, 1.82) is 0 Å². The van der Waals surface area contributed by atoms with E-state index >= 15 is 0 Å². The Hall–Kier alpha value is -3.17. The van der Waals surface area contributed by atoms with E-state index in [0.29, 0.717) is 18.8 Å². The number of aromatic nitrogens is 2. The van der Waals surface area contributed by atoms with Gasteiger partial charge in [-0.05, 0) is 47.2 Å². The van der Waals surface area contributed by atoms with E-state index in [1.54, 1.807) is 12.4 Å². The fraction of sp³-hybridized carbons (Fsp3) is 0.182. The summed E-state index contributed by atoms with van der Waals surface area (Å²) >= 11 is 1.50. The van der Waals surface area contributed by atoms with Gasteiger partial charge in [0.1, 0.15) is 5.82 Å². The van der Waals surface area contributed by atoms with Crippen molar-refractivity contribution in [3.8, 4) is 10.4 Å². The molecule has 0 aliphatic carbocycles. The van der Waals surface area contributed by atoms with E-state index in [0.717, 1.165) is 44.0 Å². The van der Waals surface area contributed by atoms with Gasteiger partial charge in [-0.15, -0.1) is 0 Å². The summed E-state index contributed by atoms with van der Waals surface area (Å²) in [7, 11) is 0. The lowest BCUT2D eigenvalue weighted by atomic mass is 10.0. The molecular formula is C22H20F3N5S. The molecule has 5 N–H and O–H groups in total. The molecule has 4 rings (SSSR count). The van der Waals surface area contributed by atoms with Crippen LogP contribution in [0.3, 0.4) is 0 Å². The lowest BCUT2D eigenvalue weighted by Crippen LogP contribution is -2.31. The number of benzene rings is 2. The van der Waals surface area contributed by atoms with E-state index in [9.17, 15) is 13.2 Å². The zero-order valence-electron chi connectivity index (χ0n) is 16.4. The van der Waals surface area contributed by atoms with Crippen LogP contribution in [0.25, 0.3) is 21.2 Å². The predicted octanol–water partition coefficient (Wildman–Crippen LogP) is 4.94. The highest BCUT2D eigenvalue weighted by Gasteiger charge is 2.29. The lowest BCUT2D eigenvalue weighted by Gasteiger charge is -2.13. The summed E-state index contributed by atoms with van der Waals surface area (Å²) in [5.74, 6) is 0.471. The zero-order chi connectivity index (χ0) is 22.0. The maximum absolute atomic E-state index is 12.7. The number of anilines is 2. The molecule has 0 bridgehead atoms. The standard InChI is InChI=1S/C22H20F3N5S/c23-22(24,25)17-5-1-13(2-6-17)7-18(26)11-29-21-30-12-19(31-21)14-3-4-15-10-28-20(27)9-16(15)8-14/h1-6,8-10,12,18H,7,11,26H2,(H2,27,28)(H,29,30). The van der Waals surface area contributed by atoms with Crippen LogP contribution in [0, 0.1) is 0 Å². The summed E-state index contributed by atoms with van der Waals surface area (Å²) in [6.45, 7) is 0.452. The van der Waals surface area contributed by atoms with Crippen LogP contribution in [0.1, 0.15) is 11.1 Å². The second-order valence-electron chi connectivity index (χ2n) is 7.24. The maximum Gasteiger partial charge on any atom is 0.416 e. The number of nitrogen functional groups attached to an aromatic ring is 1. The van der Waals surface area contributed by atoms with Gasteiger partial charge in [-0.2, -0.15) is 13.2 Å². The van der Waals surface area contributed by atoms with E-state index in [1.165, 1.54) is 23.5 Å². The summed E-state index contributed by atoms with van der Waals surface area (Å²) < 4.78 is 38.0. The van der Waals surface area contributed by atoms with Gasteiger partial charge in [0, 0.05) is 30.4 Å². The van der Waals surface area contributed by atoms with Gasteiger partial charge in [0.15, 0.2) is 5.13 Å². The van der Waals surface area contributed by atoms with Gasteiger partial charge >= 0.3 is 6.18 Å². The third-order valence-electron chi connectivity index (χ3n) is 4.83. The molecule has 1 atom stereocenters. The molecule has 9 heteroatoms. The number of hydrogen-bond acceptors (Lipinski definition) is 6. The summed E-state index contributed by atoms with van der Waals surface area (Å²) in [6.07, 6.45) is -0.338.